The predicted octanol–water partition coefficient (Wildman–Crippen LogP) is 4.31. The third-order valence-electron chi connectivity index (χ3n) is 3.63. The molecule has 0 amide bonds. The summed E-state index contributed by atoms with van der Waals surface area (Å²) in [5, 5.41) is 3.17. The molecule has 0 spiro atoms. The van der Waals surface area contributed by atoms with Gasteiger partial charge in [-0.3, -0.25) is 0 Å². The number of nitrogens with one attached hydrogen (secondary N) is 2. The molecule has 0 radical (unpaired) electrons. The zero-order valence-corrected chi connectivity index (χ0v) is 12.6. The van der Waals surface area contributed by atoms with Crippen LogP contribution in [0.25, 0.3) is 27.0 Å². The van der Waals surface area contributed by atoms with Crippen molar-refractivity contribution < 1.29 is 0 Å². The lowest BCUT2D eigenvalue weighted by molar-refractivity contribution is 1.17. The van der Waals surface area contributed by atoms with Gasteiger partial charge in [-0.05, 0) is 17.7 Å². The van der Waals surface area contributed by atoms with Gasteiger partial charge >= 0.3 is 0 Å². The van der Waals surface area contributed by atoms with Crippen LogP contribution in [0.2, 0.25) is 0 Å². The normalized spacial score (nSPS) is 10.5. The zero-order valence-electron chi connectivity index (χ0n) is 12.6. The van der Waals surface area contributed by atoms with Gasteiger partial charge in [-0.25, -0.2) is 19.8 Å². The van der Waals surface area contributed by atoms with Gasteiger partial charge in [0.25, 0.3) is 0 Å². The second kappa shape index (κ2) is 5.82. The number of aromatic nitrogens is 4. The Labute approximate surface area is 138 Å². The Morgan fingerprint density at radius 1 is 1.00 bits per heavy atom. The average molecular weight is 312 g/mol. The lowest BCUT2D eigenvalue weighted by atomic mass is 10.0. The number of H-pyrrole nitrogens is 1. The summed E-state index contributed by atoms with van der Waals surface area (Å²) >= 11 is 0. The number of rotatable bonds is 3. The van der Waals surface area contributed by atoms with Gasteiger partial charge in [0.05, 0.1) is 23.9 Å². The van der Waals surface area contributed by atoms with Crippen molar-refractivity contribution >= 4 is 28.4 Å². The first-order chi connectivity index (χ1) is 11.8. The minimum atomic E-state index is 0.412. The van der Waals surface area contributed by atoms with Crippen LogP contribution in [0, 0.1) is 6.57 Å². The second-order valence-corrected chi connectivity index (χ2v) is 5.19. The van der Waals surface area contributed by atoms with E-state index in [9.17, 15) is 0 Å². The lowest BCUT2D eigenvalue weighted by Gasteiger charge is -2.09. The number of hydrogen-bond acceptors (Lipinski definition) is 4. The summed E-state index contributed by atoms with van der Waals surface area (Å²) in [6.07, 6.45) is 4.67. The Hall–Kier alpha value is -3.72. The molecular weight excluding hydrogens is 300 g/mol. The zero-order chi connectivity index (χ0) is 16.4. The van der Waals surface area contributed by atoms with Gasteiger partial charge in [-0.15, -0.1) is 0 Å². The average Bonchev–Trinajstić information content (AvgIpc) is 3.11. The molecule has 6 nitrogen and oxygen atoms in total. The molecule has 2 N–H and O–H groups in total. The molecule has 0 atom stereocenters. The quantitative estimate of drug-likeness (QED) is 0.553. The minimum absolute atomic E-state index is 0.412. The summed E-state index contributed by atoms with van der Waals surface area (Å²) in [7, 11) is 0. The topological polar surface area (TPSA) is 70.8 Å². The van der Waals surface area contributed by atoms with E-state index in [1.165, 1.54) is 12.4 Å². The molecule has 4 aromatic rings. The van der Waals surface area contributed by atoms with Gasteiger partial charge in [-0.1, -0.05) is 30.3 Å². The number of nitrogens with zero attached hydrogens (tertiary/aromatic N) is 4. The molecular formula is C18H12N6. The first-order valence-electron chi connectivity index (χ1n) is 7.32. The van der Waals surface area contributed by atoms with Crippen molar-refractivity contribution in [3.8, 4) is 11.1 Å². The van der Waals surface area contributed by atoms with Crippen molar-refractivity contribution in [1.29, 1.82) is 0 Å². The van der Waals surface area contributed by atoms with E-state index >= 15 is 0 Å². The van der Waals surface area contributed by atoms with Crippen LogP contribution in [0.3, 0.4) is 0 Å². The molecule has 0 saturated carbocycles. The molecule has 2 aromatic carbocycles. The molecule has 0 unspecified atom stereocenters. The van der Waals surface area contributed by atoms with Crippen molar-refractivity contribution in [2.75, 3.05) is 5.32 Å². The van der Waals surface area contributed by atoms with E-state index in [1.807, 2.05) is 42.5 Å². The third kappa shape index (κ3) is 2.55. The van der Waals surface area contributed by atoms with Crippen LogP contribution in [0.15, 0.2) is 61.2 Å². The lowest BCUT2D eigenvalue weighted by Crippen LogP contribution is -1.96. The fourth-order valence-electron chi connectivity index (χ4n) is 2.53. The Balaban J connectivity index is 1.77. The van der Waals surface area contributed by atoms with Gasteiger partial charge in [0.2, 0.25) is 11.6 Å². The molecule has 24 heavy (non-hydrogen) atoms. The summed E-state index contributed by atoms with van der Waals surface area (Å²) in [5.74, 6) is 0.445. The number of fused-ring (bicyclic) bond motifs is 1. The van der Waals surface area contributed by atoms with Gasteiger partial charge in [0, 0.05) is 23.6 Å². The van der Waals surface area contributed by atoms with Crippen LogP contribution >= 0.6 is 0 Å². The van der Waals surface area contributed by atoms with E-state index in [1.54, 1.807) is 6.33 Å². The third-order valence-corrected chi connectivity index (χ3v) is 3.63. The smallest absolute Gasteiger partial charge is 0.224 e. The minimum Gasteiger partial charge on any atom is -0.345 e. The number of benzene rings is 2. The maximum absolute atomic E-state index is 6.94. The first kappa shape index (κ1) is 13.9. The van der Waals surface area contributed by atoms with E-state index in [2.05, 4.69) is 30.1 Å². The van der Waals surface area contributed by atoms with Gasteiger partial charge in [0.15, 0.2) is 0 Å². The molecule has 0 saturated heterocycles. The molecule has 0 aliphatic rings. The SMILES string of the molecule is [C-]#[N+]c1cnc(Nc2cc(-c3ccccc3)c3nc[nH]c3c2)nc1. The molecule has 0 bridgehead atoms. The van der Waals surface area contributed by atoms with Gasteiger partial charge in [0.1, 0.15) is 0 Å². The van der Waals surface area contributed by atoms with Crippen LogP contribution in [0.5, 0.6) is 0 Å². The summed E-state index contributed by atoms with van der Waals surface area (Å²) in [6, 6.07) is 14.1. The highest BCUT2D eigenvalue weighted by atomic mass is 15.1. The fourth-order valence-corrected chi connectivity index (χ4v) is 2.53. The number of anilines is 2. The van der Waals surface area contributed by atoms with Crippen LogP contribution in [-0.4, -0.2) is 19.9 Å². The highest BCUT2D eigenvalue weighted by molar-refractivity contribution is 5.95. The Morgan fingerprint density at radius 2 is 1.79 bits per heavy atom. The van der Waals surface area contributed by atoms with Gasteiger partial charge in [-0.2, -0.15) is 0 Å². The number of imidazole rings is 1. The Bertz CT molecular complexity index is 1030. The summed E-state index contributed by atoms with van der Waals surface area (Å²) in [5.41, 5.74) is 5.21. The Kier molecular flexibility index (Phi) is 3.37. The number of aromatic amines is 1. The monoisotopic (exact) mass is 312 g/mol. The summed E-state index contributed by atoms with van der Waals surface area (Å²) in [4.78, 5) is 19.2. The van der Waals surface area contributed by atoms with Crippen molar-refractivity contribution in [2.45, 2.75) is 0 Å². The molecule has 6 heteroatoms. The number of hydrogen-bond donors (Lipinski definition) is 2. The van der Waals surface area contributed by atoms with Crippen molar-refractivity contribution in [3.05, 3.63) is 72.6 Å². The van der Waals surface area contributed by atoms with E-state index in [4.69, 9.17) is 6.57 Å². The first-order valence-corrected chi connectivity index (χ1v) is 7.32. The predicted molar refractivity (Wildman–Crippen MR) is 93.1 cm³/mol. The summed E-state index contributed by atoms with van der Waals surface area (Å²) in [6.45, 7) is 6.94. The highest BCUT2D eigenvalue weighted by Crippen LogP contribution is 2.31. The molecule has 2 heterocycles. The van der Waals surface area contributed by atoms with Crippen molar-refractivity contribution in [3.63, 3.8) is 0 Å². The molecule has 2 aromatic heterocycles. The maximum atomic E-state index is 6.94. The molecule has 0 fully saturated rings. The van der Waals surface area contributed by atoms with Crippen LogP contribution in [0.1, 0.15) is 0 Å². The van der Waals surface area contributed by atoms with E-state index in [-0.39, 0.29) is 0 Å². The van der Waals surface area contributed by atoms with E-state index < -0.39 is 0 Å². The fraction of sp³-hybridized carbons (Fsp3) is 0. The maximum Gasteiger partial charge on any atom is 0.224 e. The Morgan fingerprint density at radius 3 is 2.54 bits per heavy atom. The molecule has 4 rings (SSSR count). The molecule has 114 valence electrons. The molecule has 0 aliphatic heterocycles. The van der Waals surface area contributed by atoms with Crippen molar-refractivity contribution in [2.24, 2.45) is 0 Å². The largest absolute Gasteiger partial charge is 0.345 e. The van der Waals surface area contributed by atoms with E-state index in [0.717, 1.165) is 27.8 Å². The summed E-state index contributed by atoms with van der Waals surface area (Å²) < 4.78 is 0. The van der Waals surface area contributed by atoms with Crippen LogP contribution in [-0.2, 0) is 0 Å². The van der Waals surface area contributed by atoms with Crippen LogP contribution in [0.4, 0.5) is 17.3 Å². The van der Waals surface area contributed by atoms with Crippen molar-refractivity contribution in [1.82, 2.24) is 19.9 Å². The molecule has 0 aliphatic carbocycles. The van der Waals surface area contributed by atoms with Crippen LogP contribution < -0.4 is 5.32 Å². The highest BCUT2D eigenvalue weighted by Gasteiger charge is 2.09. The standard InChI is InChI=1S/C18H12N6/c1-19-14-9-20-18(21-10-14)24-13-7-15(12-5-3-2-4-6-12)17-16(8-13)22-11-23-17/h2-11H,(H,22,23)(H,20,21,24). The van der Waals surface area contributed by atoms with Gasteiger partial charge < -0.3 is 10.3 Å². The second-order valence-electron chi connectivity index (χ2n) is 5.19. The van der Waals surface area contributed by atoms with E-state index in [0.29, 0.717) is 11.6 Å².